The number of benzene rings is 1. The second kappa shape index (κ2) is 4.22. The van der Waals surface area contributed by atoms with E-state index < -0.39 is 0 Å². The molecule has 0 aliphatic carbocycles. The summed E-state index contributed by atoms with van der Waals surface area (Å²) in [4.78, 5) is 0. The molecule has 0 bridgehead atoms. The van der Waals surface area contributed by atoms with Crippen LogP contribution in [0.5, 0.6) is 0 Å². The molecule has 1 aromatic carbocycles. The van der Waals surface area contributed by atoms with Crippen LogP contribution >= 0.6 is 22.6 Å². The third kappa shape index (κ3) is 2.53. The van der Waals surface area contributed by atoms with Gasteiger partial charge in [0.2, 0.25) is 0 Å². The summed E-state index contributed by atoms with van der Waals surface area (Å²) in [5, 5.41) is 8.03. The molecule has 0 aliphatic heterocycles. The highest BCUT2D eigenvalue weighted by Crippen LogP contribution is 2.23. The Labute approximate surface area is 93.2 Å². The molecule has 0 saturated heterocycles. The van der Waals surface area contributed by atoms with E-state index in [-0.39, 0.29) is 5.41 Å². The van der Waals surface area contributed by atoms with Gasteiger partial charge in [0.1, 0.15) is 0 Å². The minimum Gasteiger partial charge on any atom is -0.304 e. The highest BCUT2D eigenvalue weighted by atomic mass is 127. The van der Waals surface area contributed by atoms with Crippen molar-refractivity contribution in [3.8, 4) is 0 Å². The molecule has 0 aromatic heterocycles. The van der Waals surface area contributed by atoms with Gasteiger partial charge in [-0.05, 0) is 5.56 Å². The van der Waals surface area contributed by atoms with Crippen molar-refractivity contribution in [1.29, 1.82) is 5.41 Å². The van der Waals surface area contributed by atoms with Gasteiger partial charge in [-0.1, -0.05) is 66.8 Å². The summed E-state index contributed by atoms with van der Waals surface area (Å²) in [5.74, 6) is 0. The van der Waals surface area contributed by atoms with E-state index in [2.05, 4.69) is 36.4 Å². The second-order valence-electron chi connectivity index (χ2n) is 3.76. The van der Waals surface area contributed by atoms with E-state index in [0.717, 1.165) is 15.7 Å². The van der Waals surface area contributed by atoms with Crippen molar-refractivity contribution in [3.05, 3.63) is 35.9 Å². The lowest BCUT2D eigenvalue weighted by molar-refractivity contribution is 0.611. The fourth-order valence-corrected chi connectivity index (χ4v) is 1.44. The van der Waals surface area contributed by atoms with Crippen molar-refractivity contribution in [2.45, 2.75) is 13.8 Å². The van der Waals surface area contributed by atoms with E-state index in [0.29, 0.717) is 0 Å². The smallest absolute Gasteiger partial charge is 0.0450 e. The Morgan fingerprint density at radius 1 is 1.31 bits per heavy atom. The van der Waals surface area contributed by atoms with Crippen molar-refractivity contribution < 1.29 is 0 Å². The molecule has 0 atom stereocenters. The van der Waals surface area contributed by atoms with E-state index in [1.807, 2.05) is 30.3 Å². The molecule has 1 rings (SSSR count). The zero-order valence-electron chi connectivity index (χ0n) is 7.97. The first-order chi connectivity index (χ1) is 6.08. The predicted molar refractivity (Wildman–Crippen MR) is 65.9 cm³/mol. The molecule has 0 amide bonds. The Morgan fingerprint density at radius 3 is 2.31 bits per heavy atom. The Morgan fingerprint density at radius 2 is 1.85 bits per heavy atom. The lowest BCUT2D eigenvalue weighted by Crippen LogP contribution is -2.25. The first kappa shape index (κ1) is 10.7. The van der Waals surface area contributed by atoms with Crippen LogP contribution in [0.2, 0.25) is 0 Å². The van der Waals surface area contributed by atoms with Crippen molar-refractivity contribution >= 4 is 28.3 Å². The van der Waals surface area contributed by atoms with E-state index in [1.165, 1.54) is 0 Å². The van der Waals surface area contributed by atoms with Crippen LogP contribution in [0.15, 0.2) is 30.3 Å². The summed E-state index contributed by atoms with van der Waals surface area (Å²) in [6.45, 7) is 4.21. The minimum absolute atomic E-state index is 0.0259. The van der Waals surface area contributed by atoms with Crippen molar-refractivity contribution in [2.75, 3.05) is 4.43 Å². The number of hydrogen-bond acceptors (Lipinski definition) is 1. The van der Waals surface area contributed by atoms with Gasteiger partial charge in [-0.2, -0.15) is 0 Å². The van der Waals surface area contributed by atoms with E-state index in [9.17, 15) is 0 Å². The summed E-state index contributed by atoms with van der Waals surface area (Å²) in [5.41, 5.74) is 1.73. The Kier molecular flexibility index (Phi) is 3.47. The summed E-state index contributed by atoms with van der Waals surface area (Å²) >= 11 is 2.33. The first-order valence-electron chi connectivity index (χ1n) is 4.28. The maximum Gasteiger partial charge on any atom is 0.0450 e. The lowest BCUT2D eigenvalue weighted by atomic mass is 9.86. The topological polar surface area (TPSA) is 23.9 Å². The molecule has 0 saturated carbocycles. The molecule has 1 nitrogen and oxygen atoms in total. The largest absolute Gasteiger partial charge is 0.304 e. The van der Waals surface area contributed by atoms with E-state index in [4.69, 9.17) is 5.41 Å². The molecule has 0 aliphatic rings. The van der Waals surface area contributed by atoms with Gasteiger partial charge in [-0.3, -0.25) is 0 Å². The molecule has 0 radical (unpaired) electrons. The number of rotatable bonds is 3. The van der Waals surface area contributed by atoms with Gasteiger partial charge < -0.3 is 5.41 Å². The van der Waals surface area contributed by atoms with Gasteiger partial charge in [-0.25, -0.2) is 0 Å². The molecule has 1 aromatic rings. The maximum absolute atomic E-state index is 8.03. The molecule has 1 N–H and O–H groups in total. The molecule has 0 heterocycles. The van der Waals surface area contributed by atoms with Crippen LogP contribution in [0.4, 0.5) is 0 Å². The molecule has 0 unspecified atom stereocenters. The van der Waals surface area contributed by atoms with Gasteiger partial charge >= 0.3 is 0 Å². The van der Waals surface area contributed by atoms with Crippen molar-refractivity contribution in [3.63, 3.8) is 0 Å². The van der Waals surface area contributed by atoms with Crippen LogP contribution in [0.3, 0.4) is 0 Å². The number of alkyl halides is 1. The Hall–Kier alpha value is -0.380. The van der Waals surface area contributed by atoms with Crippen molar-refractivity contribution in [1.82, 2.24) is 0 Å². The van der Waals surface area contributed by atoms with Crippen LogP contribution < -0.4 is 0 Å². The maximum atomic E-state index is 8.03. The van der Waals surface area contributed by atoms with Gasteiger partial charge in [-0.15, -0.1) is 0 Å². The zero-order chi connectivity index (χ0) is 9.90. The van der Waals surface area contributed by atoms with Crippen LogP contribution in [0.1, 0.15) is 19.4 Å². The molecule has 70 valence electrons. The second-order valence-corrected chi connectivity index (χ2v) is 4.52. The van der Waals surface area contributed by atoms with Gasteiger partial charge in [0.15, 0.2) is 0 Å². The van der Waals surface area contributed by atoms with Gasteiger partial charge in [0.05, 0.1) is 0 Å². The fraction of sp³-hybridized carbons (Fsp3) is 0.364. The quantitative estimate of drug-likeness (QED) is 0.500. The lowest BCUT2D eigenvalue weighted by Gasteiger charge is -2.22. The van der Waals surface area contributed by atoms with Gasteiger partial charge in [0.25, 0.3) is 0 Å². The zero-order valence-corrected chi connectivity index (χ0v) is 10.1. The first-order valence-corrected chi connectivity index (χ1v) is 5.81. The van der Waals surface area contributed by atoms with E-state index >= 15 is 0 Å². The number of nitrogens with one attached hydrogen (secondary N) is 1. The number of halogens is 1. The summed E-state index contributed by atoms with van der Waals surface area (Å²) in [7, 11) is 0. The van der Waals surface area contributed by atoms with Crippen LogP contribution in [0.25, 0.3) is 0 Å². The van der Waals surface area contributed by atoms with Crippen molar-refractivity contribution in [2.24, 2.45) is 5.41 Å². The summed E-state index contributed by atoms with van der Waals surface area (Å²) in [6.07, 6.45) is 0. The van der Waals surface area contributed by atoms with Crippen LogP contribution in [-0.4, -0.2) is 10.1 Å². The minimum atomic E-state index is -0.0259. The standard InChI is InChI=1S/C11H14IN/c1-11(2,8-12)10(13)9-6-4-3-5-7-9/h3-7,13H,8H2,1-2H3. The molecule has 2 heteroatoms. The summed E-state index contributed by atoms with van der Waals surface area (Å²) < 4.78 is 0.971. The highest BCUT2D eigenvalue weighted by Gasteiger charge is 2.22. The molecule has 13 heavy (non-hydrogen) atoms. The van der Waals surface area contributed by atoms with Gasteiger partial charge in [0, 0.05) is 15.6 Å². The van der Waals surface area contributed by atoms with Crippen LogP contribution in [0, 0.1) is 10.8 Å². The monoisotopic (exact) mass is 287 g/mol. The molecule has 0 spiro atoms. The fourth-order valence-electron chi connectivity index (χ4n) is 1.06. The molecule has 0 fully saturated rings. The average molecular weight is 287 g/mol. The SMILES string of the molecule is CC(C)(CI)C(=N)c1ccccc1. The number of hydrogen-bond donors (Lipinski definition) is 1. The summed E-state index contributed by atoms with van der Waals surface area (Å²) in [6, 6.07) is 9.93. The third-order valence-electron chi connectivity index (χ3n) is 2.07. The molecular formula is C11H14IN. The third-order valence-corrected chi connectivity index (χ3v) is 3.98. The van der Waals surface area contributed by atoms with Crippen LogP contribution in [-0.2, 0) is 0 Å². The van der Waals surface area contributed by atoms with E-state index in [1.54, 1.807) is 0 Å². The Balaban J connectivity index is 2.93. The molecular weight excluding hydrogens is 273 g/mol. The Bertz CT molecular complexity index is 290. The highest BCUT2D eigenvalue weighted by molar-refractivity contribution is 14.1. The predicted octanol–water partition coefficient (Wildman–Crippen LogP) is 3.52. The normalized spacial score (nSPS) is 11.3. The average Bonchev–Trinajstić information content (AvgIpc) is 2.18.